The van der Waals surface area contributed by atoms with Gasteiger partial charge in [0.15, 0.2) is 8.32 Å². The first-order chi connectivity index (χ1) is 9.99. The summed E-state index contributed by atoms with van der Waals surface area (Å²) in [7, 11) is -2.39. The highest BCUT2D eigenvalue weighted by Gasteiger charge is 2.50. The Balaban J connectivity index is 3.25. The van der Waals surface area contributed by atoms with E-state index in [0.717, 1.165) is 5.56 Å². The topological polar surface area (TPSA) is 77.0 Å². The van der Waals surface area contributed by atoms with E-state index in [0.29, 0.717) is 5.56 Å². The molecule has 0 aromatic heterocycles. The van der Waals surface area contributed by atoms with Crippen LogP contribution < -0.4 is 0 Å². The molecule has 1 aromatic rings. The van der Waals surface area contributed by atoms with Crippen molar-refractivity contribution in [2.75, 3.05) is 0 Å². The zero-order chi connectivity index (χ0) is 17.2. The van der Waals surface area contributed by atoms with Crippen molar-refractivity contribution in [2.24, 2.45) is 0 Å². The van der Waals surface area contributed by atoms with Crippen LogP contribution in [0, 0.1) is 29.6 Å². The second-order valence-corrected chi connectivity index (χ2v) is 11.9. The number of hydrogen-bond acceptors (Lipinski definition) is 4. The van der Waals surface area contributed by atoms with Gasteiger partial charge >= 0.3 is 0 Å². The highest BCUT2D eigenvalue weighted by molar-refractivity contribution is 6.74. The smallest absolute Gasteiger partial charge is 0.262 e. The van der Waals surface area contributed by atoms with Crippen molar-refractivity contribution in [3.8, 4) is 12.1 Å². The summed E-state index contributed by atoms with van der Waals surface area (Å²) >= 11 is 0. The molecule has 0 spiro atoms. The van der Waals surface area contributed by atoms with E-state index >= 15 is 0 Å². The monoisotopic (exact) mass is 316 g/mol. The van der Waals surface area contributed by atoms with Gasteiger partial charge in [-0.2, -0.15) is 10.5 Å². The van der Waals surface area contributed by atoms with Crippen molar-refractivity contribution in [1.82, 2.24) is 0 Å². The van der Waals surface area contributed by atoms with E-state index in [1.165, 1.54) is 0 Å². The van der Waals surface area contributed by atoms with Gasteiger partial charge in [0, 0.05) is 0 Å². The predicted molar refractivity (Wildman–Crippen MR) is 88.4 cm³/mol. The lowest BCUT2D eigenvalue weighted by Gasteiger charge is -2.41. The first-order valence-corrected chi connectivity index (χ1v) is 10.2. The molecule has 4 nitrogen and oxygen atoms in total. The molecule has 22 heavy (non-hydrogen) atoms. The zero-order valence-electron chi connectivity index (χ0n) is 14.1. The number of nitrogens with zero attached hydrogens (tertiary/aromatic N) is 2. The minimum Gasteiger partial charge on any atom is -0.386 e. The minimum atomic E-state index is -2.39. The van der Waals surface area contributed by atoms with Gasteiger partial charge in [-0.25, -0.2) is 0 Å². The number of aliphatic hydroxyl groups excluding tert-OH is 1. The third kappa shape index (κ3) is 3.56. The van der Waals surface area contributed by atoms with Crippen LogP contribution in [0.15, 0.2) is 24.3 Å². The normalized spacial score (nSPS) is 14.0. The third-order valence-corrected chi connectivity index (χ3v) is 8.78. The van der Waals surface area contributed by atoms with Crippen LogP contribution in [-0.4, -0.2) is 19.0 Å². The van der Waals surface area contributed by atoms with E-state index in [-0.39, 0.29) is 5.04 Å². The molecule has 0 aliphatic rings. The average Bonchev–Trinajstić information content (AvgIpc) is 2.43. The summed E-state index contributed by atoms with van der Waals surface area (Å²) in [4.78, 5) is 0. The van der Waals surface area contributed by atoms with Gasteiger partial charge in [-0.3, -0.25) is 0 Å². The van der Waals surface area contributed by atoms with Crippen molar-refractivity contribution in [3.63, 3.8) is 0 Å². The van der Waals surface area contributed by atoms with Crippen molar-refractivity contribution >= 4 is 8.32 Å². The fourth-order valence-corrected chi connectivity index (χ4v) is 3.10. The van der Waals surface area contributed by atoms with Crippen LogP contribution in [0.4, 0.5) is 0 Å². The molecule has 0 radical (unpaired) electrons. The minimum absolute atomic E-state index is 0.168. The Morgan fingerprint density at radius 1 is 1.09 bits per heavy atom. The molecule has 0 aliphatic heterocycles. The zero-order valence-corrected chi connectivity index (χ0v) is 15.1. The number of benzene rings is 1. The fraction of sp³-hybridized carbons (Fsp3) is 0.529. The van der Waals surface area contributed by atoms with Crippen LogP contribution in [0.5, 0.6) is 0 Å². The number of rotatable bonds is 4. The molecule has 0 saturated carbocycles. The summed E-state index contributed by atoms with van der Waals surface area (Å²) in [5, 5.41) is 29.5. The van der Waals surface area contributed by atoms with Crippen LogP contribution in [0.2, 0.25) is 18.1 Å². The Morgan fingerprint density at radius 3 is 1.91 bits per heavy atom. The summed E-state index contributed by atoms with van der Waals surface area (Å²) in [6, 6.07) is 10.9. The first-order valence-electron chi connectivity index (χ1n) is 7.26. The van der Waals surface area contributed by atoms with E-state index in [2.05, 4.69) is 0 Å². The highest BCUT2D eigenvalue weighted by atomic mass is 28.4. The number of aryl methyl sites for hydroxylation is 1. The van der Waals surface area contributed by atoms with Crippen LogP contribution in [0.1, 0.15) is 38.0 Å². The molecule has 118 valence electrons. The maximum absolute atomic E-state index is 10.6. The van der Waals surface area contributed by atoms with E-state index in [4.69, 9.17) is 4.43 Å². The maximum atomic E-state index is 10.6. The van der Waals surface area contributed by atoms with Crippen LogP contribution in [0.25, 0.3) is 0 Å². The Hall–Kier alpha value is -1.66. The standard InChI is InChI=1S/C17H24N2O2Si/c1-13-7-9-14(10-8-13)15(20)17(11-18,12-19)21-22(5,6)16(2,3)4/h7-10,15,20H,1-6H3. The quantitative estimate of drug-likeness (QED) is 0.856. The molecule has 0 heterocycles. The maximum Gasteiger partial charge on any atom is 0.262 e. The predicted octanol–water partition coefficient (Wildman–Crippen LogP) is 3.84. The van der Waals surface area contributed by atoms with Gasteiger partial charge in [-0.15, -0.1) is 0 Å². The molecule has 0 bridgehead atoms. The number of nitriles is 2. The van der Waals surface area contributed by atoms with Crippen molar-refractivity contribution < 1.29 is 9.53 Å². The molecule has 1 N–H and O–H groups in total. The van der Waals surface area contributed by atoms with Crippen LogP contribution >= 0.6 is 0 Å². The molecule has 0 saturated heterocycles. The van der Waals surface area contributed by atoms with Crippen LogP contribution in [-0.2, 0) is 4.43 Å². The van der Waals surface area contributed by atoms with Gasteiger partial charge in [0.25, 0.3) is 5.60 Å². The van der Waals surface area contributed by atoms with Crippen molar-refractivity contribution in [2.45, 2.75) is 57.5 Å². The average molecular weight is 316 g/mol. The summed E-state index contributed by atoms with van der Waals surface area (Å²) in [6.45, 7) is 11.9. The molecular formula is C17H24N2O2Si. The number of aliphatic hydroxyl groups is 1. The summed E-state index contributed by atoms with van der Waals surface area (Å²) < 4.78 is 6.00. The molecule has 0 fully saturated rings. The Kier molecular flexibility index (Phi) is 5.20. The molecule has 1 aromatic carbocycles. The van der Waals surface area contributed by atoms with E-state index in [9.17, 15) is 15.6 Å². The van der Waals surface area contributed by atoms with Gasteiger partial charge in [0.2, 0.25) is 0 Å². The number of hydrogen-bond donors (Lipinski definition) is 1. The molecule has 0 aliphatic carbocycles. The Morgan fingerprint density at radius 2 is 1.55 bits per heavy atom. The second kappa shape index (κ2) is 6.22. The molecular weight excluding hydrogens is 292 g/mol. The van der Waals surface area contributed by atoms with Gasteiger partial charge < -0.3 is 9.53 Å². The summed E-state index contributed by atoms with van der Waals surface area (Å²) in [6.07, 6.45) is -1.31. The summed E-state index contributed by atoms with van der Waals surface area (Å²) in [5.74, 6) is 0. The Labute approximate surface area is 134 Å². The van der Waals surface area contributed by atoms with Crippen LogP contribution in [0.3, 0.4) is 0 Å². The lowest BCUT2D eigenvalue weighted by atomic mass is 9.93. The largest absolute Gasteiger partial charge is 0.386 e. The first kappa shape index (κ1) is 18.4. The Bertz CT molecular complexity index is 590. The van der Waals surface area contributed by atoms with Gasteiger partial charge in [-0.1, -0.05) is 50.6 Å². The lowest BCUT2D eigenvalue weighted by Crippen LogP contribution is -2.51. The SMILES string of the molecule is Cc1ccc(C(O)C(C#N)(C#N)O[Si](C)(C)C(C)(C)C)cc1. The van der Waals surface area contributed by atoms with E-state index in [1.807, 2.05) is 65.1 Å². The van der Waals surface area contributed by atoms with Crippen molar-refractivity contribution in [1.29, 1.82) is 10.5 Å². The summed E-state index contributed by atoms with van der Waals surface area (Å²) in [5.41, 5.74) is -0.341. The molecule has 1 rings (SSSR count). The second-order valence-electron chi connectivity index (χ2n) is 7.13. The molecule has 0 amide bonds. The fourth-order valence-electron chi connectivity index (χ4n) is 1.79. The van der Waals surface area contributed by atoms with E-state index < -0.39 is 20.0 Å². The van der Waals surface area contributed by atoms with Crippen molar-refractivity contribution in [3.05, 3.63) is 35.4 Å². The molecule has 1 atom stereocenters. The highest BCUT2D eigenvalue weighted by Crippen LogP contribution is 2.42. The van der Waals surface area contributed by atoms with Gasteiger partial charge in [0.05, 0.1) is 0 Å². The van der Waals surface area contributed by atoms with Gasteiger partial charge in [-0.05, 0) is 30.6 Å². The van der Waals surface area contributed by atoms with Gasteiger partial charge in [0.1, 0.15) is 18.2 Å². The third-order valence-electron chi connectivity index (χ3n) is 4.33. The molecule has 1 unspecified atom stereocenters. The lowest BCUT2D eigenvalue weighted by molar-refractivity contribution is 0.0127. The molecule has 5 heteroatoms. The van der Waals surface area contributed by atoms with E-state index in [1.54, 1.807) is 12.1 Å².